The Bertz CT molecular complexity index is 1410. The lowest BCUT2D eigenvalue weighted by molar-refractivity contribution is 0.399. The van der Waals surface area contributed by atoms with Crippen LogP contribution in [-0.4, -0.2) is 22.1 Å². The summed E-state index contributed by atoms with van der Waals surface area (Å²) in [5.74, 6) is 0.388. The Morgan fingerprint density at radius 2 is 1.76 bits per heavy atom. The molecule has 0 aliphatic heterocycles. The minimum Gasteiger partial charge on any atom is -0.482 e. The van der Waals surface area contributed by atoms with Gasteiger partial charge in [0.25, 0.3) is 0 Å². The number of ether oxygens (including phenoxy) is 1. The van der Waals surface area contributed by atoms with E-state index in [0.717, 1.165) is 33.3 Å². The van der Waals surface area contributed by atoms with E-state index in [1.54, 1.807) is 6.20 Å². The van der Waals surface area contributed by atoms with E-state index in [2.05, 4.69) is 16.0 Å². The molecule has 0 aliphatic rings. The number of pyridine rings is 3. The minimum atomic E-state index is -0.133. The van der Waals surface area contributed by atoms with Crippen molar-refractivity contribution in [2.24, 2.45) is 0 Å². The van der Waals surface area contributed by atoms with Crippen molar-refractivity contribution in [1.82, 2.24) is 15.0 Å². The molecule has 5 heteroatoms. The Balaban J connectivity index is 1.84. The average Bonchev–Trinajstić information content (AvgIpc) is 2.78. The number of benzene rings is 2. The Kier molecular flexibility index (Phi) is 4.06. The van der Waals surface area contributed by atoms with Crippen LogP contribution in [0.2, 0.25) is 0 Å². The van der Waals surface area contributed by atoms with Crippen LogP contribution in [0.15, 0.2) is 83.8 Å². The molecule has 3 heterocycles. The normalized spacial score (nSPS) is 11.1. The highest BCUT2D eigenvalue weighted by molar-refractivity contribution is 5.93. The summed E-state index contributed by atoms with van der Waals surface area (Å²) in [4.78, 5) is 25.0. The van der Waals surface area contributed by atoms with E-state index in [1.807, 2.05) is 60.7 Å². The summed E-state index contributed by atoms with van der Waals surface area (Å²) in [6.45, 7) is 0. The SMILES string of the molecule is COc1cc(=O)c2cc(-c3ccc4ncccc4c3)c(-c3ccccc3)nc2[nH]1. The van der Waals surface area contributed by atoms with E-state index in [1.165, 1.54) is 13.2 Å². The Morgan fingerprint density at radius 3 is 2.59 bits per heavy atom. The van der Waals surface area contributed by atoms with Crippen LogP contribution in [-0.2, 0) is 0 Å². The van der Waals surface area contributed by atoms with Gasteiger partial charge in [-0.25, -0.2) is 4.98 Å². The van der Waals surface area contributed by atoms with Crippen molar-refractivity contribution in [3.05, 3.63) is 89.2 Å². The highest BCUT2D eigenvalue weighted by Gasteiger charge is 2.14. The molecule has 0 saturated carbocycles. The number of hydrogen-bond donors (Lipinski definition) is 1. The molecule has 0 saturated heterocycles. The molecule has 1 N–H and O–H groups in total. The first-order valence-electron chi connectivity index (χ1n) is 9.25. The molecule has 0 unspecified atom stereocenters. The smallest absolute Gasteiger partial charge is 0.196 e. The summed E-state index contributed by atoms with van der Waals surface area (Å²) in [5, 5.41) is 1.56. The van der Waals surface area contributed by atoms with Gasteiger partial charge in [0.2, 0.25) is 0 Å². The van der Waals surface area contributed by atoms with Crippen molar-refractivity contribution in [1.29, 1.82) is 0 Å². The van der Waals surface area contributed by atoms with Gasteiger partial charge >= 0.3 is 0 Å². The lowest BCUT2D eigenvalue weighted by atomic mass is 9.97. The van der Waals surface area contributed by atoms with Crippen molar-refractivity contribution in [3.8, 4) is 28.3 Å². The van der Waals surface area contributed by atoms with Crippen molar-refractivity contribution in [2.45, 2.75) is 0 Å². The van der Waals surface area contributed by atoms with Gasteiger partial charge in [-0.05, 0) is 29.8 Å². The molecule has 2 aromatic carbocycles. The Morgan fingerprint density at radius 1 is 0.897 bits per heavy atom. The van der Waals surface area contributed by atoms with Crippen LogP contribution in [0.3, 0.4) is 0 Å². The van der Waals surface area contributed by atoms with Crippen LogP contribution in [0.1, 0.15) is 0 Å². The third kappa shape index (κ3) is 3.02. The number of nitrogens with one attached hydrogen (secondary N) is 1. The van der Waals surface area contributed by atoms with Gasteiger partial charge in [0.15, 0.2) is 11.3 Å². The van der Waals surface area contributed by atoms with Gasteiger partial charge in [0.1, 0.15) is 5.65 Å². The first kappa shape index (κ1) is 17.1. The minimum absolute atomic E-state index is 0.133. The predicted molar refractivity (Wildman–Crippen MR) is 115 cm³/mol. The van der Waals surface area contributed by atoms with Crippen molar-refractivity contribution in [3.63, 3.8) is 0 Å². The number of fused-ring (bicyclic) bond motifs is 2. The fourth-order valence-corrected chi connectivity index (χ4v) is 3.54. The Labute approximate surface area is 166 Å². The highest BCUT2D eigenvalue weighted by atomic mass is 16.5. The molecule has 3 aromatic heterocycles. The van der Waals surface area contributed by atoms with Gasteiger partial charge in [0, 0.05) is 28.8 Å². The maximum absolute atomic E-state index is 12.7. The van der Waals surface area contributed by atoms with E-state index in [9.17, 15) is 4.79 Å². The summed E-state index contributed by atoms with van der Waals surface area (Å²) in [6.07, 6.45) is 1.78. The van der Waals surface area contributed by atoms with Gasteiger partial charge in [-0.3, -0.25) is 9.78 Å². The van der Waals surface area contributed by atoms with Gasteiger partial charge in [-0.1, -0.05) is 42.5 Å². The molecule has 29 heavy (non-hydrogen) atoms. The van der Waals surface area contributed by atoms with Crippen LogP contribution in [0, 0.1) is 0 Å². The summed E-state index contributed by atoms with van der Waals surface area (Å²) >= 11 is 0. The zero-order valence-electron chi connectivity index (χ0n) is 15.7. The zero-order valence-corrected chi connectivity index (χ0v) is 15.7. The monoisotopic (exact) mass is 379 g/mol. The highest BCUT2D eigenvalue weighted by Crippen LogP contribution is 2.33. The molecule has 140 valence electrons. The fourth-order valence-electron chi connectivity index (χ4n) is 3.54. The van der Waals surface area contributed by atoms with Gasteiger partial charge in [-0.2, -0.15) is 0 Å². The van der Waals surface area contributed by atoms with Gasteiger partial charge < -0.3 is 9.72 Å². The first-order chi connectivity index (χ1) is 14.2. The molecule has 0 aliphatic carbocycles. The van der Waals surface area contributed by atoms with E-state index in [4.69, 9.17) is 9.72 Å². The molecule has 5 rings (SSSR count). The van der Waals surface area contributed by atoms with Crippen LogP contribution in [0.4, 0.5) is 0 Å². The molecule has 0 radical (unpaired) electrons. The molecule has 5 aromatic rings. The van der Waals surface area contributed by atoms with Crippen molar-refractivity contribution in [2.75, 3.05) is 7.11 Å². The molecule has 0 bridgehead atoms. The molecule has 0 amide bonds. The van der Waals surface area contributed by atoms with E-state index < -0.39 is 0 Å². The molecule has 0 fully saturated rings. The third-order valence-corrected chi connectivity index (χ3v) is 4.97. The van der Waals surface area contributed by atoms with Gasteiger partial charge in [-0.15, -0.1) is 0 Å². The van der Waals surface area contributed by atoms with Crippen LogP contribution < -0.4 is 10.2 Å². The molecule has 0 atom stereocenters. The molecular formula is C24H17N3O2. The van der Waals surface area contributed by atoms with Crippen molar-refractivity contribution < 1.29 is 4.74 Å². The summed E-state index contributed by atoms with van der Waals surface area (Å²) in [5.41, 5.74) is 4.93. The number of rotatable bonds is 3. The van der Waals surface area contributed by atoms with Crippen LogP contribution >= 0.6 is 0 Å². The summed E-state index contributed by atoms with van der Waals surface area (Å²) in [7, 11) is 1.52. The number of hydrogen-bond acceptors (Lipinski definition) is 4. The lowest BCUT2D eigenvalue weighted by Crippen LogP contribution is -2.06. The summed E-state index contributed by atoms with van der Waals surface area (Å²) < 4.78 is 5.21. The van der Waals surface area contributed by atoms with Crippen LogP contribution in [0.25, 0.3) is 44.3 Å². The third-order valence-electron chi connectivity index (χ3n) is 4.97. The second-order valence-electron chi connectivity index (χ2n) is 6.76. The quantitative estimate of drug-likeness (QED) is 0.488. The fraction of sp³-hybridized carbons (Fsp3) is 0.0417. The molecular weight excluding hydrogens is 362 g/mol. The number of H-pyrrole nitrogens is 1. The largest absolute Gasteiger partial charge is 0.482 e. The number of nitrogens with zero attached hydrogens (tertiary/aromatic N) is 2. The number of methoxy groups -OCH3 is 1. The standard InChI is InChI=1S/C24H17N3O2/c1-29-22-14-21(28)19-13-18(16-9-10-20-17(12-16)8-5-11-25-20)23(27-24(19)26-22)15-6-3-2-4-7-15/h2-14H,1H3,(H,26,27,28). The maximum atomic E-state index is 12.7. The van der Waals surface area contributed by atoms with E-state index >= 15 is 0 Å². The topological polar surface area (TPSA) is 67.9 Å². The van der Waals surface area contributed by atoms with E-state index in [-0.39, 0.29) is 5.43 Å². The van der Waals surface area contributed by atoms with Crippen molar-refractivity contribution >= 4 is 21.9 Å². The second-order valence-corrected chi connectivity index (χ2v) is 6.76. The average molecular weight is 379 g/mol. The maximum Gasteiger partial charge on any atom is 0.196 e. The van der Waals surface area contributed by atoms with E-state index in [0.29, 0.717) is 16.9 Å². The molecule has 0 spiro atoms. The molecule has 5 nitrogen and oxygen atoms in total. The predicted octanol–water partition coefficient (Wildman–Crippen LogP) is 4.81. The Hall–Kier alpha value is -3.99. The van der Waals surface area contributed by atoms with Crippen LogP contribution in [0.5, 0.6) is 5.88 Å². The number of aromatic amines is 1. The van der Waals surface area contributed by atoms with Gasteiger partial charge in [0.05, 0.1) is 23.7 Å². The lowest BCUT2D eigenvalue weighted by Gasteiger charge is -2.12. The number of aromatic nitrogens is 3. The summed E-state index contributed by atoms with van der Waals surface area (Å²) in [6, 6.07) is 23.3. The first-order valence-corrected chi connectivity index (χ1v) is 9.25. The second kappa shape index (κ2) is 6.87. The zero-order chi connectivity index (χ0) is 19.8.